The van der Waals surface area contributed by atoms with Crippen LogP contribution in [-0.4, -0.2) is 61.8 Å². The lowest BCUT2D eigenvalue weighted by Gasteiger charge is -2.35. The molecule has 1 aliphatic rings. The number of sulfonamides is 1. The highest BCUT2D eigenvalue weighted by atomic mass is 32.2. The molecule has 0 bridgehead atoms. The summed E-state index contributed by atoms with van der Waals surface area (Å²) in [6.07, 6.45) is 5.70. The van der Waals surface area contributed by atoms with Gasteiger partial charge in [0.15, 0.2) is 0 Å². The Hall–Kier alpha value is -3.56. The van der Waals surface area contributed by atoms with Gasteiger partial charge in [0.05, 0.1) is 5.52 Å². The van der Waals surface area contributed by atoms with Gasteiger partial charge in [-0.2, -0.15) is 0 Å². The standard InChI is InChI=1S/C28H31FN4O3S/c1-3-7-23(25(29)4-2)20-32-16-18-33(19-17-32)28(34)22-11-13-24(14-12-22)31-37(35,36)26-10-5-8-21-9-6-15-30-27(21)26/h4-15,31H,3,16-20H2,1-2H3/b23-7-,25-4+. The minimum absolute atomic E-state index is 0.0925. The summed E-state index contributed by atoms with van der Waals surface area (Å²) in [6, 6.07) is 15.0. The van der Waals surface area contributed by atoms with E-state index >= 15 is 0 Å². The monoisotopic (exact) mass is 522 g/mol. The first-order chi connectivity index (χ1) is 17.8. The van der Waals surface area contributed by atoms with Crippen molar-refractivity contribution in [1.82, 2.24) is 14.8 Å². The number of benzene rings is 2. The molecule has 194 valence electrons. The van der Waals surface area contributed by atoms with Gasteiger partial charge < -0.3 is 4.90 Å². The smallest absolute Gasteiger partial charge is 0.264 e. The van der Waals surface area contributed by atoms with Crippen LogP contribution in [0, 0.1) is 0 Å². The number of piperazine rings is 1. The lowest BCUT2D eigenvalue weighted by atomic mass is 10.1. The van der Waals surface area contributed by atoms with Crippen LogP contribution in [0.3, 0.4) is 0 Å². The molecule has 7 nitrogen and oxygen atoms in total. The molecule has 9 heteroatoms. The van der Waals surface area contributed by atoms with Gasteiger partial charge in [0, 0.05) is 55.6 Å². The number of carbonyl (C=O) groups is 1. The summed E-state index contributed by atoms with van der Waals surface area (Å²) in [6.45, 7) is 6.58. The van der Waals surface area contributed by atoms with Gasteiger partial charge in [-0.1, -0.05) is 37.3 Å². The van der Waals surface area contributed by atoms with E-state index in [0.717, 1.165) is 11.8 Å². The van der Waals surface area contributed by atoms with Crippen molar-refractivity contribution >= 4 is 32.5 Å². The molecule has 1 fully saturated rings. The van der Waals surface area contributed by atoms with Crippen LogP contribution < -0.4 is 4.72 Å². The number of allylic oxidation sites excluding steroid dienone is 2. The number of nitrogens with zero attached hydrogens (tertiary/aromatic N) is 3. The van der Waals surface area contributed by atoms with Crippen molar-refractivity contribution in [3.05, 3.63) is 89.9 Å². The molecule has 37 heavy (non-hydrogen) atoms. The Balaban J connectivity index is 1.38. The van der Waals surface area contributed by atoms with Gasteiger partial charge in [-0.05, 0) is 55.3 Å². The minimum Gasteiger partial charge on any atom is -0.336 e. The number of anilines is 1. The highest BCUT2D eigenvalue weighted by Crippen LogP contribution is 2.24. The average Bonchev–Trinajstić information content (AvgIpc) is 2.92. The van der Waals surface area contributed by atoms with Crippen LogP contribution in [0.4, 0.5) is 10.1 Å². The molecule has 1 aromatic heterocycles. The van der Waals surface area contributed by atoms with E-state index in [-0.39, 0.29) is 16.6 Å². The van der Waals surface area contributed by atoms with Crippen molar-refractivity contribution in [2.24, 2.45) is 0 Å². The summed E-state index contributed by atoms with van der Waals surface area (Å²) >= 11 is 0. The number of carbonyl (C=O) groups excluding carboxylic acids is 1. The van der Waals surface area contributed by atoms with Gasteiger partial charge >= 0.3 is 0 Å². The number of hydrogen-bond donors (Lipinski definition) is 1. The summed E-state index contributed by atoms with van der Waals surface area (Å²) in [5, 5.41) is 0.732. The summed E-state index contributed by atoms with van der Waals surface area (Å²) in [7, 11) is -3.87. The first-order valence-corrected chi connectivity index (χ1v) is 13.8. The van der Waals surface area contributed by atoms with E-state index in [1.807, 2.05) is 25.1 Å². The molecule has 1 N–H and O–H groups in total. The third kappa shape index (κ3) is 6.23. The van der Waals surface area contributed by atoms with Crippen LogP contribution in [0.25, 0.3) is 10.9 Å². The maximum atomic E-state index is 14.1. The Morgan fingerprint density at radius 3 is 2.43 bits per heavy atom. The Labute approximate surface area is 217 Å². The first kappa shape index (κ1) is 26.5. The lowest BCUT2D eigenvalue weighted by Crippen LogP contribution is -2.49. The Morgan fingerprint density at radius 1 is 1.05 bits per heavy atom. The Morgan fingerprint density at radius 2 is 1.76 bits per heavy atom. The van der Waals surface area contributed by atoms with Gasteiger partial charge in [-0.25, -0.2) is 12.8 Å². The van der Waals surface area contributed by atoms with E-state index in [1.54, 1.807) is 54.4 Å². The van der Waals surface area contributed by atoms with E-state index in [0.29, 0.717) is 55.1 Å². The minimum atomic E-state index is -3.87. The number of pyridine rings is 1. The third-order valence-corrected chi connectivity index (χ3v) is 7.75. The molecule has 4 rings (SSSR count). The fourth-order valence-corrected chi connectivity index (χ4v) is 5.63. The highest BCUT2D eigenvalue weighted by Gasteiger charge is 2.24. The number of fused-ring (bicyclic) bond motifs is 1. The number of halogens is 1. The number of hydrogen-bond acceptors (Lipinski definition) is 5. The summed E-state index contributed by atoms with van der Waals surface area (Å²) in [5.74, 6) is -0.316. The highest BCUT2D eigenvalue weighted by molar-refractivity contribution is 7.93. The summed E-state index contributed by atoms with van der Waals surface area (Å²) in [4.78, 5) is 21.3. The van der Waals surface area contributed by atoms with Crippen LogP contribution in [0.1, 0.15) is 30.6 Å². The zero-order valence-corrected chi connectivity index (χ0v) is 21.8. The second kappa shape index (κ2) is 11.7. The zero-order chi connectivity index (χ0) is 26.4. The van der Waals surface area contributed by atoms with Crippen molar-refractivity contribution in [3.63, 3.8) is 0 Å². The van der Waals surface area contributed by atoms with E-state index < -0.39 is 10.0 Å². The van der Waals surface area contributed by atoms with E-state index in [4.69, 9.17) is 0 Å². The molecule has 0 radical (unpaired) electrons. The number of nitrogens with one attached hydrogen (secondary N) is 1. The normalized spacial score (nSPS) is 15.7. The first-order valence-electron chi connectivity index (χ1n) is 12.3. The molecule has 0 spiro atoms. The maximum Gasteiger partial charge on any atom is 0.264 e. The van der Waals surface area contributed by atoms with Crippen molar-refractivity contribution in [2.75, 3.05) is 37.4 Å². The molecule has 0 atom stereocenters. The lowest BCUT2D eigenvalue weighted by molar-refractivity contribution is 0.0647. The predicted molar refractivity (Wildman–Crippen MR) is 145 cm³/mol. The Kier molecular flexibility index (Phi) is 8.35. The molecule has 1 aliphatic heterocycles. The SMILES string of the molecule is C/C=C(F)\C(=C/CC)CN1CCN(C(=O)c2ccc(NS(=O)(=O)c3cccc4cccnc34)cc2)CC1. The fourth-order valence-electron chi connectivity index (χ4n) is 4.39. The van der Waals surface area contributed by atoms with Crippen molar-refractivity contribution < 1.29 is 17.6 Å². The molecular weight excluding hydrogens is 491 g/mol. The van der Waals surface area contributed by atoms with Gasteiger partial charge in [-0.3, -0.25) is 19.4 Å². The van der Waals surface area contributed by atoms with Crippen molar-refractivity contribution in [1.29, 1.82) is 0 Å². The second-order valence-corrected chi connectivity index (χ2v) is 10.5. The zero-order valence-electron chi connectivity index (χ0n) is 21.0. The van der Waals surface area contributed by atoms with Gasteiger partial charge in [-0.15, -0.1) is 0 Å². The molecule has 2 aromatic carbocycles. The van der Waals surface area contributed by atoms with Crippen LogP contribution in [0.5, 0.6) is 0 Å². The molecule has 0 aliphatic carbocycles. The molecule has 0 saturated carbocycles. The topological polar surface area (TPSA) is 82.6 Å². The molecular formula is C28H31FN4O3S. The number of aromatic nitrogens is 1. The molecule has 1 saturated heterocycles. The number of para-hydroxylation sites is 1. The van der Waals surface area contributed by atoms with Gasteiger partial charge in [0.2, 0.25) is 0 Å². The number of amides is 1. The predicted octanol–water partition coefficient (Wildman–Crippen LogP) is 5.00. The van der Waals surface area contributed by atoms with Crippen molar-refractivity contribution in [2.45, 2.75) is 25.2 Å². The van der Waals surface area contributed by atoms with E-state index in [9.17, 15) is 17.6 Å². The van der Waals surface area contributed by atoms with Crippen LogP contribution in [-0.2, 0) is 10.0 Å². The maximum absolute atomic E-state index is 14.1. The van der Waals surface area contributed by atoms with Crippen LogP contribution in [0.15, 0.2) is 89.2 Å². The van der Waals surface area contributed by atoms with Gasteiger partial charge in [0.1, 0.15) is 10.7 Å². The van der Waals surface area contributed by atoms with Crippen LogP contribution >= 0.6 is 0 Å². The quantitative estimate of drug-likeness (QED) is 0.421. The molecule has 3 aromatic rings. The molecule has 2 heterocycles. The molecule has 0 unspecified atom stereocenters. The third-order valence-electron chi connectivity index (χ3n) is 6.33. The fraction of sp³-hybridized carbons (Fsp3) is 0.286. The summed E-state index contributed by atoms with van der Waals surface area (Å²) in [5.41, 5.74) is 1.92. The van der Waals surface area contributed by atoms with E-state index in [1.165, 1.54) is 12.1 Å². The number of rotatable bonds is 8. The Bertz CT molecular complexity index is 1420. The molecule has 1 amide bonds. The average molecular weight is 523 g/mol. The van der Waals surface area contributed by atoms with Crippen molar-refractivity contribution in [3.8, 4) is 0 Å². The van der Waals surface area contributed by atoms with Crippen LogP contribution in [0.2, 0.25) is 0 Å². The summed E-state index contributed by atoms with van der Waals surface area (Å²) < 4.78 is 42.8. The van der Waals surface area contributed by atoms with Gasteiger partial charge in [0.25, 0.3) is 15.9 Å². The van der Waals surface area contributed by atoms with E-state index in [2.05, 4.69) is 14.6 Å². The second-order valence-electron chi connectivity index (χ2n) is 8.86. The largest absolute Gasteiger partial charge is 0.336 e.